The van der Waals surface area contributed by atoms with Gasteiger partial charge in [0.1, 0.15) is 11.6 Å². The average molecular weight is 396 g/mol. The molecule has 3 aromatic rings. The van der Waals surface area contributed by atoms with Gasteiger partial charge in [0.05, 0.1) is 12.7 Å². The van der Waals surface area contributed by atoms with Crippen LogP contribution >= 0.6 is 0 Å². The van der Waals surface area contributed by atoms with Crippen molar-refractivity contribution in [1.29, 1.82) is 0 Å². The second kappa shape index (κ2) is 7.74. The van der Waals surface area contributed by atoms with Crippen molar-refractivity contribution in [2.45, 2.75) is 57.9 Å². The van der Waals surface area contributed by atoms with E-state index in [0.29, 0.717) is 11.8 Å². The second-order valence-electron chi connectivity index (χ2n) is 8.58. The molecule has 0 aromatic carbocycles. The Morgan fingerprint density at radius 3 is 2.59 bits per heavy atom. The van der Waals surface area contributed by atoms with Gasteiger partial charge in [-0.2, -0.15) is 4.52 Å². The summed E-state index contributed by atoms with van der Waals surface area (Å²) in [5.74, 6) is 4.58. The van der Waals surface area contributed by atoms with Crippen molar-refractivity contribution >= 4 is 11.5 Å². The Kier molecular flexibility index (Phi) is 4.95. The third kappa shape index (κ3) is 3.73. The van der Waals surface area contributed by atoms with Gasteiger partial charge in [-0.3, -0.25) is 4.90 Å². The van der Waals surface area contributed by atoms with Crippen molar-refractivity contribution in [2.24, 2.45) is 0 Å². The molecule has 154 valence electrons. The topological polar surface area (TPSA) is 75.6 Å². The van der Waals surface area contributed by atoms with Crippen LogP contribution in [0.2, 0.25) is 0 Å². The summed E-state index contributed by atoms with van der Waals surface area (Å²) >= 11 is 0. The molecule has 2 aliphatic rings. The van der Waals surface area contributed by atoms with E-state index in [4.69, 9.17) is 9.52 Å². The van der Waals surface area contributed by atoms with Gasteiger partial charge in [-0.05, 0) is 50.9 Å². The fraction of sp³-hybridized carbons (Fsp3) is 0.619. The highest BCUT2D eigenvalue weighted by molar-refractivity contribution is 5.46. The summed E-state index contributed by atoms with van der Waals surface area (Å²) in [5.41, 5.74) is 0.839. The van der Waals surface area contributed by atoms with Gasteiger partial charge in [-0.15, -0.1) is 15.3 Å². The first-order valence-electron chi connectivity index (χ1n) is 10.8. The summed E-state index contributed by atoms with van der Waals surface area (Å²) < 4.78 is 7.84. The number of oxazole rings is 1. The zero-order valence-corrected chi connectivity index (χ0v) is 17.3. The van der Waals surface area contributed by atoms with Crippen LogP contribution in [0, 0.1) is 0 Å². The summed E-state index contributed by atoms with van der Waals surface area (Å²) in [4.78, 5) is 9.21. The lowest BCUT2D eigenvalue weighted by molar-refractivity contribution is 0.183. The van der Waals surface area contributed by atoms with E-state index in [2.05, 4.69) is 44.9 Å². The van der Waals surface area contributed by atoms with Crippen molar-refractivity contribution in [2.75, 3.05) is 31.1 Å². The number of anilines is 1. The van der Waals surface area contributed by atoms with E-state index in [1.54, 1.807) is 0 Å². The lowest BCUT2D eigenvalue weighted by Crippen LogP contribution is -2.33. The van der Waals surface area contributed by atoms with Crippen molar-refractivity contribution in [3.8, 4) is 0 Å². The number of hydrogen-bond acceptors (Lipinski definition) is 7. The molecule has 3 aromatic heterocycles. The van der Waals surface area contributed by atoms with Gasteiger partial charge < -0.3 is 9.32 Å². The van der Waals surface area contributed by atoms with Gasteiger partial charge in [0.15, 0.2) is 11.5 Å². The molecule has 5 rings (SSSR count). The first kappa shape index (κ1) is 18.5. The molecule has 8 heteroatoms. The number of piperidine rings is 1. The molecular formula is C21H29N7O. The Labute approximate surface area is 170 Å². The summed E-state index contributed by atoms with van der Waals surface area (Å²) in [5, 5.41) is 13.7. The van der Waals surface area contributed by atoms with E-state index in [-0.39, 0.29) is 0 Å². The minimum absolute atomic E-state index is 0.376. The van der Waals surface area contributed by atoms with Crippen LogP contribution in [0.4, 0.5) is 5.82 Å². The molecule has 0 bridgehead atoms. The number of rotatable bonds is 5. The first-order chi connectivity index (χ1) is 14.2. The number of nitrogens with zero attached hydrogens (tertiary/aromatic N) is 7. The largest absolute Gasteiger partial charge is 0.444 e. The minimum atomic E-state index is 0.376. The van der Waals surface area contributed by atoms with Gasteiger partial charge in [0.25, 0.3) is 0 Å². The molecule has 0 aliphatic carbocycles. The zero-order valence-electron chi connectivity index (χ0n) is 17.3. The Balaban J connectivity index is 1.26. The Hall–Kier alpha value is -2.48. The Morgan fingerprint density at radius 2 is 1.86 bits per heavy atom. The predicted octanol–water partition coefficient (Wildman–Crippen LogP) is 3.22. The van der Waals surface area contributed by atoms with E-state index in [1.165, 1.54) is 12.8 Å². The first-order valence-corrected chi connectivity index (χ1v) is 10.8. The number of aromatic nitrogens is 5. The molecule has 0 unspecified atom stereocenters. The van der Waals surface area contributed by atoms with Crippen LogP contribution in [0.3, 0.4) is 0 Å². The molecule has 0 spiro atoms. The van der Waals surface area contributed by atoms with Gasteiger partial charge >= 0.3 is 0 Å². The van der Waals surface area contributed by atoms with E-state index >= 15 is 0 Å². The summed E-state index contributed by atoms with van der Waals surface area (Å²) in [6, 6.07) is 4.12. The normalized spacial score (nSPS) is 19.1. The molecule has 2 aliphatic heterocycles. The van der Waals surface area contributed by atoms with Gasteiger partial charge in [-0.25, -0.2) is 4.98 Å². The van der Waals surface area contributed by atoms with E-state index in [9.17, 15) is 0 Å². The summed E-state index contributed by atoms with van der Waals surface area (Å²) in [7, 11) is 0. The maximum atomic E-state index is 5.87. The van der Waals surface area contributed by atoms with Crippen molar-refractivity contribution in [1.82, 2.24) is 29.7 Å². The summed E-state index contributed by atoms with van der Waals surface area (Å²) in [6.45, 7) is 9.22. The molecule has 0 radical (unpaired) electrons. The third-order valence-electron chi connectivity index (χ3n) is 6.15. The van der Waals surface area contributed by atoms with E-state index in [1.807, 2.05) is 16.8 Å². The monoisotopic (exact) mass is 395 g/mol. The average Bonchev–Trinajstić information content (AvgIpc) is 3.49. The fourth-order valence-electron chi connectivity index (χ4n) is 4.37. The number of likely N-dealkylation sites (tertiary alicyclic amines) is 1. The SMILES string of the molecule is CC(C)c1cnc(CN2CCC(c3nnc4ccc(N5CCCC5)nn34)CC2)o1. The van der Waals surface area contributed by atoms with Crippen molar-refractivity contribution in [3.63, 3.8) is 0 Å². The maximum Gasteiger partial charge on any atom is 0.208 e. The third-order valence-corrected chi connectivity index (χ3v) is 6.15. The van der Waals surface area contributed by atoms with Crippen LogP contribution in [0.1, 0.15) is 68.8 Å². The molecule has 2 fully saturated rings. The highest BCUT2D eigenvalue weighted by atomic mass is 16.4. The number of fused-ring (bicyclic) bond motifs is 1. The maximum absolute atomic E-state index is 5.87. The molecule has 0 N–H and O–H groups in total. The molecular weight excluding hydrogens is 366 g/mol. The van der Waals surface area contributed by atoms with Crippen LogP contribution in [0.15, 0.2) is 22.7 Å². The van der Waals surface area contributed by atoms with Gasteiger partial charge in [-0.1, -0.05) is 13.8 Å². The lowest BCUT2D eigenvalue weighted by atomic mass is 9.96. The van der Waals surface area contributed by atoms with Crippen LogP contribution in [-0.2, 0) is 6.54 Å². The second-order valence-corrected chi connectivity index (χ2v) is 8.58. The van der Waals surface area contributed by atoms with Gasteiger partial charge in [0, 0.05) is 24.9 Å². The fourth-order valence-corrected chi connectivity index (χ4v) is 4.37. The Bertz CT molecular complexity index is 964. The van der Waals surface area contributed by atoms with Crippen LogP contribution in [0.25, 0.3) is 5.65 Å². The van der Waals surface area contributed by atoms with Crippen molar-refractivity contribution in [3.05, 3.63) is 35.8 Å². The molecule has 0 atom stereocenters. The molecule has 0 amide bonds. The van der Waals surface area contributed by atoms with Crippen LogP contribution in [0.5, 0.6) is 0 Å². The summed E-state index contributed by atoms with van der Waals surface area (Å²) in [6.07, 6.45) is 6.45. The predicted molar refractivity (Wildman–Crippen MR) is 110 cm³/mol. The molecule has 29 heavy (non-hydrogen) atoms. The smallest absolute Gasteiger partial charge is 0.208 e. The zero-order chi connectivity index (χ0) is 19.8. The molecule has 2 saturated heterocycles. The highest BCUT2D eigenvalue weighted by Crippen LogP contribution is 2.28. The number of hydrogen-bond donors (Lipinski definition) is 0. The standard InChI is InChI=1S/C21H29N7O/c1-15(2)17-13-22-20(29-17)14-26-11-7-16(8-12-26)21-24-23-18-5-6-19(25-28(18)21)27-9-3-4-10-27/h5-6,13,15-16H,3-4,7-12,14H2,1-2H3. The lowest BCUT2D eigenvalue weighted by Gasteiger charge is -2.30. The van der Waals surface area contributed by atoms with E-state index in [0.717, 1.165) is 74.5 Å². The molecule has 5 heterocycles. The molecule has 0 saturated carbocycles. The van der Waals surface area contributed by atoms with Crippen molar-refractivity contribution < 1.29 is 4.42 Å². The molecule has 8 nitrogen and oxygen atoms in total. The van der Waals surface area contributed by atoms with E-state index < -0.39 is 0 Å². The Morgan fingerprint density at radius 1 is 1.07 bits per heavy atom. The van der Waals surface area contributed by atoms with Crippen LogP contribution < -0.4 is 4.90 Å². The highest BCUT2D eigenvalue weighted by Gasteiger charge is 2.26. The van der Waals surface area contributed by atoms with Crippen LogP contribution in [-0.4, -0.2) is 55.9 Å². The van der Waals surface area contributed by atoms with Gasteiger partial charge in [0.2, 0.25) is 5.89 Å². The quantitative estimate of drug-likeness (QED) is 0.656. The minimum Gasteiger partial charge on any atom is -0.444 e.